The van der Waals surface area contributed by atoms with E-state index in [9.17, 15) is 4.79 Å². The zero-order valence-corrected chi connectivity index (χ0v) is 9.30. The number of benzene rings is 1. The third kappa shape index (κ3) is 3.54. The molecular formula is C12H13NOS. The van der Waals surface area contributed by atoms with Gasteiger partial charge >= 0.3 is 0 Å². The first-order valence-electron chi connectivity index (χ1n) is 5.14. The van der Waals surface area contributed by atoms with Crippen molar-refractivity contribution < 1.29 is 4.79 Å². The van der Waals surface area contributed by atoms with Gasteiger partial charge in [0.25, 0.3) is 0 Å². The Kier molecular flexibility index (Phi) is 3.59. The molecule has 2 nitrogen and oxygen atoms in total. The van der Waals surface area contributed by atoms with Gasteiger partial charge in [-0.25, -0.2) is 9.79 Å². The molecule has 3 heteroatoms. The zero-order valence-electron chi connectivity index (χ0n) is 8.48. The molecule has 1 aliphatic carbocycles. The molecular weight excluding hydrogens is 206 g/mol. The predicted octanol–water partition coefficient (Wildman–Crippen LogP) is 3.02. The van der Waals surface area contributed by atoms with Crippen LogP contribution in [-0.2, 0) is 11.3 Å². The first-order valence-corrected chi connectivity index (χ1v) is 6.12. The summed E-state index contributed by atoms with van der Waals surface area (Å²) in [5.74, 6) is 2.19. The van der Waals surface area contributed by atoms with Gasteiger partial charge in [0, 0.05) is 10.6 Å². The monoisotopic (exact) mass is 219 g/mol. The fraction of sp³-hybridized carbons (Fsp3) is 0.417. The van der Waals surface area contributed by atoms with Crippen molar-refractivity contribution in [1.29, 1.82) is 0 Å². The average molecular weight is 219 g/mol. The van der Waals surface area contributed by atoms with Gasteiger partial charge in [-0.3, -0.25) is 0 Å². The third-order valence-electron chi connectivity index (χ3n) is 2.43. The first-order chi connectivity index (χ1) is 7.38. The SMILES string of the molecule is O=C=NCc1ccc(SCC2CC2)cc1. The molecule has 2 rings (SSSR count). The molecule has 0 atom stereocenters. The van der Waals surface area contributed by atoms with Crippen molar-refractivity contribution in [3.05, 3.63) is 29.8 Å². The summed E-state index contributed by atoms with van der Waals surface area (Å²) in [6.07, 6.45) is 4.35. The lowest BCUT2D eigenvalue weighted by atomic mass is 10.2. The van der Waals surface area contributed by atoms with Gasteiger partial charge in [0.2, 0.25) is 6.08 Å². The number of aliphatic imine (C=N–C) groups is 1. The first kappa shape index (κ1) is 10.5. The summed E-state index contributed by atoms with van der Waals surface area (Å²) < 4.78 is 0. The van der Waals surface area contributed by atoms with Crippen LogP contribution < -0.4 is 0 Å². The summed E-state index contributed by atoms with van der Waals surface area (Å²) in [6.45, 7) is 0.442. The van der Waals surface area contributed by atoms with E-state index >= 15 is 0 Å². The van der Waals surface area contributed by atoms with Gasteiger partial charge in [-0.1, -0.05) is 12.1 Å². The molecule has 1 aromatic carbocycles. The lowest BCUT2D eigenvalue weighted by molar-refractivity contribution is 0.563. The highest BCUT2D eigenvalue weighted by Crippen LogP contribution is 2.34. The van der Waals surface area contributed by atoms with Crippen LogP contribution in [0.2, 0.25) is 0 Å². The van der Waals surface area contributed by atoms with Crippen LogP contribution in [0, 0.1) is 5.92 Å². The lowest BCUT2D eigenvalue weighted by Gasteiger charge is -2.01. The van der Waals surface area contributed by atoms with E-state index in [1.165, 1.54) is 23.5 Å². The Bertz CT molecular complexity index is 364. The third-order valence-corrected chi connectivity index (χ3v) is 3.68. The topological polar surface area (TPSA) is 29.4 Å². The Morgan fingerprint density at radius 2 is 2.07 bits per heavy atom. The Balaban J connectivity index is 1.87. The van der Waals surface area contributed by atoms with E-state index in [1.807, 2.05) is 23.9 Å². The summed E-state index contributed by atoms with van der Waals surface area (Å²) in [4.78, 5) is 14.8. The Morgan fingerprint density at radius 3 is 2.67 bits per heavy atom. The van der Waals surface area contributed by atoms with Crippen molar-refractivity contribution in [3.63, 3.8) is 0 Å². The summed E-state index contributed by atoms with van der Waals surface area (Å²) in [5, 5.41) is 0. The number of nitrogens with zero attached hydrogens (tertiary/aromatic N) is 1. The lowest BCUT2D eigenvalue weighted by Crippen LogP contribution is -1.83. The van der Waals surface area contributed by atoms with E-state index in [0.29, 0.717) is 6.54 Å². The van der Waals surface area contributed by atoms with E-state index in [-0.39, 0.29) is 0 Å². The number of isocyanates is 1. The molecule has 1 aromatic rings. The Labute approximate surface area is 93.8 Å². The molecule has 0 amide bonds. The average Bonchev–Trinajstić information content (AvgIpc) is 3.09. The molecule has 0 radical (unpaired) electrons. The van der Waals surface area contributed by atoms with Gasteiger partial charge in [0.05, 0.1) is 6.54 Å². The van der Waals surface area contributed by atoms with Crippen LogP contribution in [0.1, 0.15) is 18.4 Å². The second kappa shape index (κ2) is 5.15. The van der Waals surface area contributed by atoms with Crippen molar-refractivity contribution in [2.24, 2.45) is 10.9 Å². The summed E-state index contributed by atoms with van der Waals surface area (Å²) in [6, 6.07) is 8.25. The van der Waals surface area contributed by atoms with Gasteiger partial charge < -0.3 is 0 Å². The maximum absolute atomic E-state index is 9.93. The smallest absolute Gasteiger partial charge is 0.211 e. The predicted molar refractivity (Wildman–Crippen MR) is 61.7 cm³/mol. The molecule has 78 valence electrons. The van der Waals surface area contributed by atoms with Crippen LogP contribution >= 0.6 is 11.8 Å². The van der Waals surface area contributed by atoms with Gasteiger partial charge in [0.1, 0.15) is 0 Å². The molecule has 15 heavy (non-hydrogen) atoms. The molecule has 1 aliphatic rings. The molecule has 0 bridgehead atoms. The molecule has 1 fully saturated rings. The van der Waals surface area contributed by atoms with Crippen molar-refractivity contribution in [1.82, 2.24) is 0 Å². The molecule has 0 aliphatic heterocycles. The number of thioether (sulfide) groups is 1. The van der Waals surface area contributed by atoms with E-state index < -0.39 is 0 Å². The number of carbonyl (C=O) groups excluding carboxylic acids is 1. The quantitative estimate of drug-likeness (QED) is 0.433. The second-order valence-electron chi connectivity index (χ2n) is 3.81. The van der Waals surface area contributed by atoms with Crippen LogP contribution in [0.25, 0.3) is 0 Å². The molecule has 1 saturated carbocycles. The summed E-state index contributed by atoms with van der Waals surface area (Å²) in [5.41, 5.74) is 1.06. The van der Waals surface area contributed by atoms with Crippen molar-refractivity contribution >= 4 is 17.8 Å². The maximum atomic E-state index is 9.93. The normalized spacial score (nSPS) is 14.7. The van der Waals surface area contributed by atoms with Crippen molar-refractivity contribution in [3.8, 4) is 0 Å². The Morgan fingerprint density at radius 1 is 1.33 bits per heavy atom. The standard InChI is InChI=1S/C12H13NOS/c14-9-13-7-10-3-5-12(6-4-10)15-8-11-1-2-11/h3-6,11H,1-2,7-8H2. The molecule has 0 N–H and O–H groups in total. The molecule has 0 heterocycles. The van der Waals surface area contributed by atoms with Gasteiger partial charge in [-0.05, 0) is 36.5 Å². The van der Waals surface area contributed by atoms with E-state index in [0.717, 1.165) is 11.5 Å². The van der Waals surface area contributed by atoms with Crippen LogP contribution in [0.4, 0.5) is 0 Å². The van der Waals surface area contributed by atoms with E-state index in [2.05, 4.69) is 17.1 Å². The molecule has 0 aromatic heterocycles. The van der Waals surface area contributed by atoms with Crippen LogP contribution in [0.15, 0.2) is 34.2 Å². The number of rotatable bonds is 5. The number of hydrogen-bond donors (Lipinski definition) is 0. The minimum atomic E-state index is 0.442. The van der Waals surface area contributed by atoms with Crippen molar-refractivity contribution in [2.75, 3.05) is 5.75 Å². The van der Waals surface area contributed by atoms with Crippen LogP contribution in [-0.4, -0.2) is 11.8 Å². The highest BCUT2D eigenvalue weighted by atomic mass is 32.2. The molecule has 0 unspecified atom stereocenters. The minimum absolute atomic E-state index is 0.442. The van der Waals surface area contributed by atoms with Gasteiger partial charge in [-0.15, -0.1) is 11.8 Å². The second-order valence-corrected chi connectivity index (χ2v) is 4.90. The summed E-state index contributed by atoms with van der Waals surface area (Å²) >= 11 is 1.92. The number of hydrogen-bond acceptors (Lipinski definition) is 3. The van der Waals surface area contributed by atoms with Gasteiger partial charge in [0.15, 0.2) is 0 Å². The van der Waals surface area contributed by atoms with E-state index in [4.69, 9.17) is 0 Å². The maximum Gasteiger partial charge on any atom is 0.235 e. The molecule has 0 saturated heterocycles. The van der Waals surface area contributed by atoms with E-state index in [1.54, 1.807) is 6.08 Å². The zero-order chi connectivity index (χ0) is 10.5. The summed E-state index contributed by atoms with van der Waals surface area (Å²) in [7, 11) is 0. The van der Waals surface area contributed by atoms with Crippen LogP contribution in [0.5, 0.6) is 0 Å². The largest absolute Gasteiger partial charge is 0.235 e. The Hall–Kier alpha value is -1.05. The fourth-order valence-electron chi connectivity index (χ4n) is 1.31. The highest BCUT2D eigenvalue weighted by molar-refractivity contribution is 7.99. The van der Waals surface area contributed by atoms with Crippen molar-refractivity contribution in [2.45, 2.75) is 24.3 Å². The highest BCUT2D eigenvalue weighted by Gasteiger charge is 2.20. The van der Waals surface area contributed by atoms with Gasteiger partial charge in [-0.2, -0.15) is 0 Å². The van der Waals surface area contributed by atoms with Crippen LogP contribution in [0.3, 0.4) is 0 Å². The fourth-order valence-corrected chi connectivity index (χ4v) is 2.40. The minimum Gasteiger partial charge on any atom is -0.211 e. The molecule has 0 spiro atoms.